The average molecular weight is 394 g/mol. The number of aryl methyl sites for hydroxylation is 1. The van der Waals surface area contributed by atoms with Crippen LogP contribution < -0.4 is 10.6 Å². The Morgan fingerprint density at radius 3 is 2.71 bits per heavy atom. The number of hydrogen-bond acceptors (Lipinski definition) is 6. The van der Waals surface area contributed by atoms with Crippen molar-refractivity contribution in [3.8, 4) is 0 Å². The Bertz CT molecular complexity index is 1000. The standard InChI is InChI=1S/C19H18N6O2S/c1-12-2-4-13(5-3-12)22-19(27)25-9-6-14-16(11-25)28-18(23-14)24-17(26)15-10-20-7-8-21-15/h2-5,7-8,10H,6,9,11H2,1H3,(H,22,27)(H,23,24,26). The number of urea groups is 1. The molecule has 0 atom stereocenters. The van der Waals surface area contributed by atoms with E-state index in [0.717, 1.165) is 21.8 Å². The lowest BCUT2D eigenvalue weighted by Crippen LogP contribution is -2.38. The van der Waals surface area contributed by atoms with Crippen molar-refractivity contribution < 1.29 is 9.59 Å². The number of amides is 3. The van der Waals surface area contributed by atoms with Crippen LogP contribution in [0, 0.1) is 6.92 Å². The van der Waals surface area contributed by atoms with Crippen molar-refractivity contribution >= 4 is 34.1 Å². The van der Waals surface area contributed by atoms with Gasteiger partial charge >= 0.3 is 6.03 Å². The second kappa shape index (κ2) is 7.73. The molecule has 2 aromatic heterocycles. The summed E-state index contributed by atoms with van der Waals surface area (Å²) in [7, 11) is 0. The van der Waals surface area contributed by atoms with Crippen molar-refractivity contribution in [1.82, 2.24) is 19.9 Å². The molecule has 4 rings (SSSR count). The van der Waals surface area contributed by atoms with E-state index in [1.54, 1.807) is 4.90 Å². The number of nitrogens with one attached hydrogen (secondary N) is 2. The summed E-state index contributed by atoms with van der Waals surface area (Å²) < 4.78 is 0. The maximum absolute atomic E-state index is 12.5. The molecule has 0 spiro atoms. The predicted molar refractivity (Wildman–Crippen MR) is 106 cm³/mol. The van der Waals surface area contributed by atoms with Gasteiger partial charge in [0.2, 0.25) is 0 Å². The van der Waals surface area contributed by atoms with Gasteiger partial charge < -0.3 is 10.2 Å². The number of hydrogen-bond donors (Lipinski definition) is 2. The highest BCUT2D eigenvalue weighted by atomic mass is 32.1. The van der Waals surface area contributed by atoms with Gasteiger partial charge in [0, 0.05) is 35.9 Å². The number of fused-ring (bicyclic) bond motifs is 1. The van der Waals surface area contributed by atoms with Crippen molar-refractivity contribution in [2.45, 2.75) is 19.9 Å². The van der Waals surface area contributed by atoms with Crippen LogP contribution in [-0.2, 0) is 13.0 Å². The van der Waals surface area contributed by atoms with Crippen LogP contribution in [-0.4, -0.2) is 38.3 Å². The maximum Gasteiger partial charge on any atom is 0.322 e. The summed E-state index contributed by atoms with van der Waals surface area (Å²) in [5.74, 6) is -0.354. The van der Waals surface area contributed by atoms with E-state index in [9.17, 15) is 9.59 Å². The highest BCUT2D eigenvalue weighted by molar-refractivity contribution is 7.15. The Morgan fingerprint density at radius 2 is 1.96 bits per heavy atom. The number of benzene rings is 1. The summed E-state index contributed by atoms with van der Waals surface area (Å²) in [5, 5.41) is 6.17. The smallest absolute Gasteiger partial charge is 0.319 e. The zero-order chi connectivity index (χ0) is 19.5. The first-order chi connectivity index (χ1) is 13.6. The molecule has 3 amide bonds. The van der Waals surface area contributed by atoms with Gasteiger partial charge in [0.25, 0.3) is 5.91 Å². The van der Waals surface area contributed by atoms with Gasteiger partial charge in [0.05, 0.1) is 18.4 Å². The molecule has 2 N–H and O–H groups in total. The summed E-state index contributed by atoms with van der Waals surface area (Å²) in [4.78, 5) is 39.8. The number of thiazole rings is 1. The highest BCUT2D eigenvalue weighted by Crippen LogP contribution is 2.29. The summed E-state index contributed by atoms with van der Waals surface area (Å²) in [6.07, 6.45) is 5.02. The molecule has 0 saturated heterocycles. The topological polar surface area (TPSA) is 100 Å². The molecular formula is C19H18N6O2S. The third kappa shape index (κ3) is 3.99. The SMILES string of the molecule is Cc1ccc(NC(=O)N2CCc3nc(NC(=O)c4cnccn4)sc3C2)cc1. The molecule has 1 aliphatic rings. The Hall–Kier alpha value is -3.33. The molecule has 1 aromatic carbocycles. The molecule has 9 heteroatoms. The van der Waals surface area contributed by atoms with Crippen LogP contribution >= 0.6 is 11.3 Å². The molecule has 3 heterocycles. The van der Waals surface area contributed by atoms with Crippen LogP contribution in [0.4, 0.5) is 15.6 Å². The number of carbonyl (C=O) groups is 2. The molecule has 1 aliphatic heterocycles. The summed E-state index contributed by atoms with van der Waals surface area (Å²) in [5.41, 5.74) is 3.05. The van der Waals surface area contributed by atoms with Gasteiger partial charge in [-0.3, -0.25) is 15.1 Å². The van der Waals surface area contributed by atoms with Gasteiger partial charge in [-0.05, 0) is 19.1 Å². The van der Waals surface area contributed by atoms with Gasteiger partial charge in [-0.2, -0.15) is 0 Å². The molecule has 0 fully saturated rings. The van der Waals surface area contributed by atoms with Crippen molar-refractivity contribution in [2.24, 2.45) is 0 Å². The van der Waals surface area contributed by atoms with E-state index < -0.39 is 0 Å². The minimum Gasteiger partial charge on any atom is -0.319 e. The van der Waals surface area contributed by atoms with E-state index >= 15 is 0 Å². The van der Waals surface area contributed by atoms with Crippen LogP contribution in [0.5, 0.6) is 0 Å². The molecular weight excluding hydrogens is 376 g/mol. The van der Waals surface area contributed by atoms with Gasteiger partial charge in [-0.25, -0.2) is 14.8 Å². The second-order valence-corrected chi connectivity index (χ2v) is 7.49. The maximum atomic E-state index is 12.5. The average Bonchev–Trinajstić information content (AvgIpc) is 3.11. The molecule has 0 saturated carbocycles. The number of rotatable bonds is 3. The van der Waals surface area contributed by atoms with Crippen LogP contribution in [0.15, 0.2) is 42.9 Å². The van der Waals surface area contributed by atoms with Crippen LogP contribution in [0.2, 0.25) is 0 Å². The van der Waals surface area contributed by atoms with E-state index in [1.165, 1.54) is 29.9 Å². The second-order valence-electron chi connectivity index (χ2n) is 6.40. The van der Waals surface area contributed by atoms with Gasteiger partial charge in [-0.1, -0.05) is 29.0 Å². The largest absolute Gasteiger partial charge is 0.322 e. The zero-order valence-electron chi connectivity index (χ0n) is 15.2. The molecule has 3 aromatic rings. The number of carbonyl (C=O) groups excluding carboxylic acids is 2. The van der Waals surface area contributed by atoms with Crippen molar-refractivity contribution in [3.05, 3.63) is 64.7 Å². The normalized spacial score (nSPS) is 13.0. The van der Waals surface area contributed by atoms with Crippen LogP contribution in [0.3, 0.4) is 0 Å². The summed E-state index contributed by atoms with van der Waals surface area (Å²) in [6, 6.07) is 7.54. The highest BCUT2D eigenvalue weighted by Gasteiger charge is 2.25. The number of aromatic nitrogens is 3. The summed E-state index contributed by atoms with van der Waals surface area (Å²) >= 11 is 1.37. The Balaban J connectivity index is 1.40. The first kappa shape index (κ1) is 18.1. The molecule has 142 valence electrons. The lowest BCUT2D eigenvalue weighted by atomic mass is 10.2. The van der Waals surface area contributed by atoms with E-state index in [0.29, 0.717) is 24.6 Å². The third-order valence-corrected chi connectivity index (χ3v) is 5.34. The van der Waals surface area contributed by atoms with Crippen molar-refractivity contribution in [1.29, 1.82) is 0 Å². The van der Waals surface area contributed by atoms with Crippen LogP contribution in [0.1, 0.15) is 26.6 Å². The predicted octanol–water partition coefficient (Wildman–Crippen LogP) is 3.08. The lowest BCUT2D eigenvalue weighted by molar-refractivity contribution is 0.102. The fourth-order valence-electron chi connectivity index (χ4n) is 2.84. The number of nitrogens with zero attached hydrogens (tertiary/aromatic N) is 4. The van der Waals surface area contributed by atoms with E-state index in [1.807, 2.05) is 31.2 Å². The molecule has 0 radical (unpaired) electrons. The van der Waals surface area contributed by atoms with Crippen molar-refractivity contribution in [3.63, 3.8) is 0 Å². The van der Waals surface area contributed by atoms with Gasteiger partial charge in [0.1, 0.15) is 5.69 Å². The molecule has 0 bridgehead atoms. The lowest BCUT2D eigenvalue weighted by Gasteiger charge is -2.26. The minimum absolute atomic E-state index is 0.145. The van der Waals surface area contributed by atoms with Crippen LogP contribution in [0.25, 0.3) is 0 Å². The quantitative estimate of drug-likeness (QED) is 0.711. The molecule has 28 heavy (non-hydrogen) atoms. The Labute approximate surface area is 165 Å². The van der Waals surface area contributed by atoms with E-state index in [2.05, 4.69) is 25.6 Å². The third-order valence-electron chi connectivity index (χ3n) is 4.34. The Kier molecular flexibility index (Phi) is 4.98. The first-order valence-electron chi connectivity index (χ1n) is 8.77. The number of anilines is 2. The fourth-order valence-corrected chi connectivity index (χ4v) is 3.86. The van der Waals surface area contributed by atoms with Gasteiger partial charge in [0.15, 0.2) is 5.13 Å². The van der Waals surface area contributed by atoms with E-state index in [4.69, 9.17) is 0 Å². The monoisotopic (exact) mass is 394 g/mol. The zero-order valence-corrected chi connectivity index (χ0v) is 16.0. The molecule has 0 aliphatic carbocycles. The first-order valence-corrected chi connectivity index (χ1v) is 9.58. The van der Waals surface area contributed by atoms with E-state index in [-0.39, 0.29) is 17.6 Å². The summed E-state index contributed by atoms with van der Waals surface area (Å²) in [6.45, 7) is 3.04. The molecule has 0 unspecified atom stereocenters. The fraction of sp³-hybridized carbons (Fsp3) is 0.211. The minimum atomic E-state index is -0.354. The van der Waals surface area contributed by atoms with Crippen molar-refractivity contribution in [2.75, 3.05) is 17.2 Å². The Morgan fingerprint density at radius 1 is 1.14 bits per heavy atom. The van der Waals surface area contributed by atoms with Gasteiger partial charge in [-0.15, -0.1) is 0 Å². The molecule has 8 nitrogen and oxygen atoms in total.